The van der Waals surface area contributed by atoms with Crippen LogP contribution in [0.1, 0.15) is 47.2 Å². The predicted molar refractivity (Wildman–Crippen MR) is 93.1 cm³/mol. The quantitative estimate of drug-likeness (QED) is 0.908. The van der Waals surface area contributed by atoms with Gasteiger partial charge in [0.05, 0.1) is 17.1 Å². The SMILES string of the molecule is O=C(O)c1ccc2c(c1)C1(CCC(Oc3ccc(F)cc3)CC1)C(=O)C2. The first kappa shape index (κ1) is 16.8. The second kappa shape index (κ2) is 6.24. The predicted octanol–water partition coefficient (Wildman–Crippen LogP) is 3.91. The van der Waals surface area contributed by atoms with E-state index >= 15 is 0 Å². The van der Waals surface area contributed by atoms with E-state index in [-0.39, 0.29) is 23.3 Å². The van der Waals surface area contributed by atoms with E-state index in [0.717, 1.165) is 11.1 Å². The molecule has 2 aliphatic carbocycles. The van der Waals surface area contributed by atoms with Gasteiger partial charge < -0.3 is 9.84 Å². The summed E-state index contributed by atoms with van der Waals surface area (Å²) in [5, 5.41) is 9.26. The molecule has 0 aliphatic heterocycles. The van der Waals surface area contributed by atoms with Gasteiger partial charge in [-0.05, 0) is 73.2 Å². The molecule has 4 nitrogen and oxygen atoms in total. The van der Waals surface area contributed by atoms with E-state index in [1.807, 2.05) is 0 Å². The topological polar surface area (TPSA) is 63.6 Å². The van der Waals surface area contributed by atoms with Gasteiger partial charge in [0.25, 0.3) is 0 Å². The Bertz CT molecular complexity index is 864. The number of rotatable bonds is 3. The number of halogens is 1. The van der Waals surface area contributed by atoms with Crippen LogP contribution >= 0.6 is 0 Å². The maximum Gasteiger partial charge on any atom is 0.335 e. The summed E-state index contributed by atoms with van der Waals surface area (Å²) in [6.07, 6.45) is 3.06. The second-order valence-corrected chi connectivity index (χ2v) is 7.13. The van der Waals surface area contributed by atoms with Crippen molar-refractivity contribution < 1.29 is 23.8 Å². The number of Topliss-reactive ketones (excluding diaryl/α,β-unsaturated/α-hetero) is 1. The van der Waals surface area contributed by atoms with Gasteiger partial charge >= 0.3 is 5.97 Å². The van der Waals surface area contributed by atoms with Crippen molar-refractivity contribution in [1.82, 2.24) is 0 Å². The van der Waals surface area contributed by atoms with Crippen LogP contribution in [0.5, 0.6) is 5.75 Å². The van der Waals surface area contributed by atoms with Crippen molar-refractivity contribution in [1.29, 1.82) is 0 Å². The zero-order chi connectivity index (χ0) is 18.3. The first-order chi connectivity index (χ1) is 12.5. The van der Waals surface area contributed by atoms with Crippen LogP contribution in [0.2, 0.25) is 0 Å². The number of benzene rings is 2. The van der Waals surface area contributed by atoms with Gasteiger partial charge in [0.2, 0.25) is 0 Å². The van der Waals surface area contributed by atoms with Crippen LogP contribution in [0, 0.1) is 5.82 Å². The smallest absolute Gasteiger partial charge is 0.335 e. The first-order valence-corrected chi connectivity index (χ1v) is 8.80. The minimum Gasteiger partial charge on any atom is -0.490 e. The number of fused-ring (bicyclic) bond motifs is 2. The summed E-state index contributed by atoms with van der Waals surface area (Å²) < 4.78 is 18.9. The standard InChI is InChI=1S/C21H19FO4/c22-15-3-5-16(6-4-15)26-17-7-9-21(10-8-17)18-11-14(20(24)25)2-1-13(18)12-19(21)23/h1-6,11,17H,7-10,12H2,(H,24,25). The molecule has 0 atom stereocenters. The molecule has 2 aromatic rings. The molecule has 0 radical (unpaired) electrons. The molecular weight excluding hydrogens is 335 g/mol. The van der Waals surface area contributed by atoms with Gasteiger partial charge in [-0.3, -0.25) is 4.79 Å². The summed E-state index contributed by atoms with van der Waals surface area (Å²) in [5.74, 6) is -0.480. The number of hydrogen-bond donors (Lipinski definition) is 1. The molecule has 1 N–H and O–H groups in total. The molecule has 0 aromatic heterocycles. The van der Waals surface area contributed by atoms with Crippen LogP contribution in [-0.2, 0) is 16.6 Å². The van der Waals surface area contributed by atoms with E-state index in [4.69, 9.17) is 4.74 Å². The zero-order valence-electron chi connectivity index (χ0n) is 14.2. The molecule has 2 aromatic carbocycles. The number of ketones is 1. The van der Waals surface area contributed by atoms with Gasteiger partial charge in [-0.2, -0.15) is 0 Å². The first-order valence-electron chi connectivity index (χ1n) is 8.80. The van der Waals surface area contributed by atoms with Gasteiger partial charge in [-0.1, -0.05) is 6.07 Å². The molecule has 1 saturated carbocycles. The summed E-state index contributed by atoms with van der Waals surface area (Å²) in [6.45, 7) is 0. The lowest BCUT2D eigenvalue weighted by Crippen LogP contribution is -2.39. The molecule has 5 heteroatoms. The number of ether oxygens (including phenoxy) is 1. The summed E-state index contributed by atoms with van der Waals surface area (Å²) in [7, 11) is 0. The lowest BCUT2D eigenvalue weighted by Gasteiger charge is -2.37. The molecule has 1 fully saturated rings. The van der Waals surface area contributed by atoms with Crippen molar-refractivity contribution in [3.05, 3.63) is 65.0 Å². The third kappa shape index (κ3) is 2.77. The fourth-order valence-electron chi connectivity index (χ4n) is 4.26. The van der Waals surface area contributed by atoms with Crippen LogP contribution in [0.4, 0.5) is 4.39 Å². The minimum absolute atomic E-state index is 0.0226. The van der Waals surface area contributed by atoms with Crippen molar-refractivity contribution in [2.75, 3.05) is 0 Å². The highest BCUT2D eigenvalue weighted by molar-refractivity contribution is 5.98. The Hall–Kier alpha value is -2.69. The minimum atomic E-state index is -0.976. The van der Waals surface area contributed by atoms with Crippen molar-refractivity contribution >= 4 is 11.8 Å². The van der Waals surface area contributed by atoms with E-state index in [9.17, 15) is 19.1 Å². The largest absolute Gasteiger partial charge is 0.490 e. The third-order valence-electron chi connectivity index (χ3n) is 5.66. The van der Waals surface area contributed by atoms with Crippen molar-refractivity contribution in [3.63, 3.8) is 0 Å². The average molecular weight is 354 g/mol. The number of carbonyl (C=O) groups excluding carboxylic acids is 1. The van der Waals surface area contributed by atoms with E-state index in [0.29, 0.717) is 37.9 Å². The van der Waals surface area contributed by atoms with Gasteiger partial charge in [0.1, 0.15) is 17.3 Å². The summed E-state index contributed by atoms with van der Waals surface area (Å²) in [6, 6.07) is 10.9. The lowest BCUT2D eigenvalue weighted by molar-refractivity contribution is -0.124. The Labute approximate surface area is 150 Å². The van der Waals surface area contributed by atoms with Crippen molar-refractivity contribution in [2.45, 2.75) is 43.6 Å². The van der Waals surface area contributed by atoms with Gasteiger partial charge in [-0.15, -0.1) is 0 Å². The number of carboxylic acid groups (broad SMARTS) is 1. The fraction of sp³-hybridized carbons (Fsp3) is 0.333. The Kier molecular flexibility index (Phi) is 4.02. The highest BCUT2D eigenvalue weighted by Gasteiger charge is 2.48. The second-order valence-electron chi connectivity index (χ2n) is 7.13. The molecule has 0 heterocycles. The summed E-state index contributed by atoms with van der Waals surface area (Å²) in [4.78, 5) is 24.1. The lowest BCUT2D eigenvalue weighted by atomic mass is 9.68. The van der Waals surface area contributed by atoms with Crippen molar-refractivity contribution in [2.24, 2.45) is 0 Å². The molecule has 0 amide bonds. The molecule has 4 rings (SSSR count). The normalized spacial score (nSPS) is 24.5. The Morgan fingerprint density at radius 1 is 1.12 bits per heavy atom. The maximum absolute atomic E-state index is 13.0. The molecule has 0 saturated heterocycles. The average Bonchev–Trinajstić information content (AvgIpc) is 2.90. The number of aromatic carboxylic acids is 1. The summed E-state index contributed by atoms with van der Waals surface area (Å²) in [5.41, 5.74) is 1.46. The van der Waals surface area contributed by atoms with Crippen molar-refractivity contribution in [3.8, 4) is 5.75 Å². The van der Waals surface area contributed by atoms with Crippen LogP contribution in [-0.4, -0.2) is 23.0 Å². The maximum atomic E-state index is 13.0. The molecule has 0 bridgehead atoms. The highest BCUT2D eigenvalue weighted by Crippen LogP contribution is 2.47. The molecule has 0 unspecified atom stereocenters. The zero-order valence-corrected chi connectivity index (χ0v) is 14.2. The Morgan fingerprint density at radius 2 is 1.81 bits per heavy atom. The van der Waals surface area contributed by atoms with Crippen LogP contribution in [0.3, 0.4) is 0 Å². The number of carboxylic acids is 1. The van der Waals surface area contributed by atoms with Crippen LogP contribution < -0.4 is 4.74 Å². The molecule has 134 valence electrons. The van der Waals surface area contributed by atoms with Gasteiger partial charge in [0.15, 0.2) is 0 Å². The molecule has 2 aliphatic rings. The third-order valence-corrected chi connectivity index (χ3v) is 5.66. The van der Waals surface area contributed by atoms with Crippen LogP contribution in [0.15, 0.2) is 42.5 Å². The number of carbonyl (C=O) groups is 2. The van der Waals surface area contributed by atoms with Gasteiger partial charge in [0, 0.05) is 6.42 Å². The van der Waals surface area contributed by atoms with Crippen LogP contribution in [0.25, 0.3) is 0 Å². The van der Waals surface area contributed by atoms with E-state index < -0.39 is 11.4 Å². The summed E-state index contributed by atoms with van der Waals surface area (Å²) >= 11 is 0. The Morgan fingerprint density at radius 3 is 2.46 bits per heavy atom. The van der Waals surface area contributed by atoms with E-state index in [1.165, 1.54) is 12.1 Å². The Balaban J connectivity index is 1.53. The molecular formula is C21H19FO4. The molecule has 1 spiro atoms. The fourth-order valence-corrected chi connectivity index (χ4v) is 4.26. The monoisotopic (exact) mass is 354 g/mol. The highest BCUT2D eigenvalue weighted by atomic mass is 19.1. The van der Waals surface area contributed by atoms with Gasteiger partial charge in [-0.25, -0.2) is 9.18 Å². The van der Waals surface area contributed by atoms with E-state index in [2.05, 4.69) is 0 Å². The van der Waals surface area contributed by atoms with E-state index in [1.54, 1.807) is 30.3 Å². The number of hydrogen-bond acceptors (Lipinski definition) is 3. The molecule has 26 heavy (non-hydrogen) atoms.